The number of hydrogen-bond acceptors (Lipinski definition) is 8. The molecule has 1 fully saturated rings. The SMILES string of the molecule is Cc1nc(N2CCN(Cc3nc(N)c4ccccc4n3)CC2)c2c3c(sc2n1)CCC3. The predicted molar refractivity (Wildman–Crippen MR) is 126 cm³/mol. The third-order valence-corrected chi connectivity index (χ3v) is 7.56. The fraction of sp³-hybridized carbons (Fsp3) is 0.391. The van der Waals surface area contributed by atoms with E-state index in [0.717, 1.165) is 72.3 Å². The standard InChI is InChI=1S/C23H25N7S/c1-14-25-22(20-16-6-4-8-18(16)31-23(20)26-14)30-11-9-29(10-12-30)13-19-27-17-7-3-2-5-15(17)21(24)28-19/h2-3,5,7H,4,6,8-13H2,1H3,(H2,24,27,28). The van der Waals surface area contributed by atoms with Crippen molar-refractivity contribution in [1.82, 2.24) is 24.8 Å². The number of aromatic nitrogens is 4. The molecule has 4 heterocycles. The number of aryl methyl sites for hydroxylation is 3. The third-order valence-electron chi connectivity index (χ3n) is 6.37. The fourth-order valence-corrected chi connectivity index (χ4v) is 6.15. The van der Waals surface area contributed by atoms with Crippen LogP contribution < -0.4 is 10.6 Å². The average Bonchev–Trinajstić information content (AvgIpc) is 3.35. The smallest absolute Gasteiger partial charge is 0.145 e. The van der Waals surface area contributed by atoms with Crippen LogP contribution in [0.4, 0.5) is 11.6 Å². The van der Waals surface area contributed by atoms with E-state index < -0.39 is 0 Å². The van der Waals surface area contributed by atoms with Crippen LogP contribution in [0.25, 0.3) is 21.1 Å². The molecule has 0 unspecified atom stereocenters. The first-order valence-corrected chi connectivity index (χ1v) is 11.7. The summed E-state index contributed by atoms with van der Waals surface area (Å²) in [6.07, 6.45) is 3.61. The minimum absolute atomic E-state index is 0.560. The largest absolute Gasteiger partial charge is 0.383 e. The molecule has 1 saturated heterocycles. The van der Waals surface area contributed by atoms with Crippen molar-refractivity contribution < 1.29 is 0 Å². The highest BCUT2D eigenvalue weighted by molar-refractivity contribution is 7.19. The first-order chi connectivity index (χ1) is 15.2. The summed E-state index contributed by atoms with van der Waals surface area (Å²) < 4.78 is 0. The Bertz CT molecular complexity index is 1290. The number of nitrogen functional groups attached to an aromatic ring is 1. The van der Waals surface area contributed by atoms with Crippen molar-refractivity contribution in [2.45, 2.75) is 32.7 Å². The lowest BCUT2D eigenvalue weighted by Crippen LogP contribution is -2.46. The van der Waals surface area contributed by atoms with Crippen molar-refractivity contribution in [3.8, 4) is 0 Å². The predicted octanol–water partition coefficient (Wildman–Crippen LogP) is 3.34. The van der Waals surface area contributed by atoms with Gasteiger partial charge in [-0.3, -0.25) is 4.90 Å². The number of nitrogens with zero attached hydrogens (tertiary/aromatic N) is 6. The molecule has 158 valence electrons. The van der Waals surface area contributed by atoms with E-state index in [0.29, 0.717) is 5.82 Å². The van der Waals surface area contributed by atoms with Gasteiger partial charge in [0.25, 0.3) is 0 Å². The Morgan fingerprint density at radius 2 is 1.84 bits per heavy atom. The van der Waals surface area contributed by atoms with Crippen LogP contribution in [0.3, 0.4) is 0 Å². The Labute approximate surface area is 185 Å². The van der Waals surface area contributed by atoms with E-state index in [9.17, 15) is 0 Å². The molecule has 31 heavy (non-hydrogen) atoms. The molecule has 6 rings (SSSR count). The molecule has 3 aromatic heterocycles. The van der Waals surface area contributed by atoms with Crippen LogP contribution in [0.2, 0.25) is 0 Å². The first-order valence-electron chi connectivity index (χ1n) is 10.9. The molecule has 0 bridgehead atoms. The van der Waals surface area contributed by atoms with E-state index >= 15 is 0 Å². The van der Waals surface area contributed by atoms with Crippen molar-refractivity contribution >= 4 is 44.1 Å². The number of rotatable bonds is 3. The van der Waals surface area contributed by atoms with Crippen LogP contribution in [0.1, 0.15) is 28.5 Å². The summed E-state index contributed by atoms with van der Waals surface area (Å²) in [6.45, 7) is 6.51. The molecule has 0 atom stereocenters. The quantitative estimate of drug-likeness (QED) is 0.533. The Morgan fingerprint density at radius 1 is 1.00 bits per heavy atom. The van der Waals surface area contributed by atoms with Crippen LogP contribution >= 0.6 is 11.3 Å². The van der Waals surface area contributed by atoms with Crippen molar-refractivity contribution in [3.05, 3.63) is 46.4 Å². The van der Waals surface area contributed by atoms with Gasteiger partial charge in [0.15, 0.2) is 0 Å². The van der Waals surface area contributed by atoms with Crippen LogP contribution in [0.15, 0.2) is 24.3 Å². The molecule has 4 aromatic rings. The van der Waals surface area contributed by atoms with Crippen molar-refractivity contribution in [3.63, 3.8) is 0 Å². The van der Waals surface area contributed by atoms with Gasteiger partial charge in [-0.15, -0.1) is 11.3 Å². The molecule has 2 aliphatic rings. The second kappa shape index (κ2) is 7.39. The molecule has 7 nitrogen and oxygen atoms in total. The molecule has 1 aromatic carbocycles. The number of piperazine rings is 1. The maximum atomic E-state index is 6.17. The molecule has 1 aliphatic heterocycles. The van der Waals surface area contributed by atoms with Gasteiger partial charge in [-0.25, -0.2) is 19.9 Å². The first kappa shape index (κ1) is 18.9. The zero-order valence-electron chi connectivity index (χ0n) is 17.6. The summed E-state index contributed by atoms with van der Waals surface area (Å²) in [6, 6.07) is 7.92. The molecular weight excluding hydrogens is 406 g/mol. The van der Waals surface area contributed by atoms with Gasteiger partial charge >= 0.3 is 0 Å². The molecule has 0 saturated carbocycles. The van der Waals surface area contributed by atoms with Gasteiger partial charge in [-0.2, -0.15) is 0 Å². The topological polar surface area (TPSA) is 84.1 Å². The maximum Gasteiger partial charge on any atom is 0.145 e. The Kier molecular flexibility index (Phi) is 4.50. The minimum atomic E-state index is 0.560. The molecule has 0 spiro atoms. The third kappa shape index (κ3) is 3.30. The van der Waals surface area contributed by atoms with Gasteiger partial charge in [0.2, 0.25) is 0 Å². The van der Waals surface area contributed by atoms with Gasteiger partial charge in [0.1, 0.15) is 28.1 Å². The van der Waals surface area contributed by atoms with Gasteiger partial charge in [-0.1, -0.05) is 12.1 Å². The van der Waals surface area contributed by atoms with Crippen LogP contribution in [-0.4, -0.2) is 51.0 Å². The van der Waals surface area contributed by atoms with Crippen LogP contribution in [0.5, 0.6) is 0 Å². The summed E-state index contributed by atoms with van der Waals surface area (Å²) in [4.78, 5) is 26.4. The number of benzene rings is 1. The monoisotopic (exact) mass is 431 g/mol. The normalized spacial score (nSPS) is 17.0. The molecule has 8 heteroatoms. The van der Waals surface area contributed by atoms with Crippen LogP contribution in [0, 0.1) is 6.92 Å². The lowest BCUT2D eigenvalue weighted by Gasteiger charge is -2.35. The summed E-state index contributed by atoms with van der Waals surface area (Å²) in [7, 11) is 0. The Balaban J connectivity index is 1.22. The van der Waals surface area contributed by atoms with Gasteiger partial charge in [0.05, 0.1) is 17.4 Å². The second-order valence-electron chi connectivity index (χ2n) is 8.44. The van der Waals surface area contributed by atoms with Gasteiger partial charge < -0.3 is 10.6 Å². The van der Waals surface area contributed by atoms with E-state index in [-0.39, 0.29) is 0 Å². The summed E-state index contributed by atoms with van der Waals surface area (Å²) in [5, 5.41) is 2.23. The van der Waals surface area contributed by atoms with E-state index in [4.69, 9.17) is 20.7 Å². The van der Waals surface area contributed by atoms with Crippen molar-refractivity contribution in [1.29, 1.82) is 0 Å². The molecule has 2 N–H and O–H groups in total. The fourth-order valence-electron chi connectivity index (χ4n) is 4.85. The highest BCUT2D eigenvalue weighted by Gasteiger charge is 2.26. The minimum Gasteiger partial charge on any atom is -0.383 e. The van der Waals surface area contributed by atoms with Crippen LogP contribution in [-0.2, 0) is 19.4 Å². The molecule has 0 radical (unpaired) electrons. The number of anilines is 2. The number of fused-ring (bicyclic) bond motifs is 4. The number of para-hydroxylation sites is 1. The summed E-state index contributed by atoms with van der Waals surface area (Å²) in [5.41, 5.74) is 8.58. The van der Waals surface area contributed by atoms with E-state index in [2.05, 4.69) is 14.8 Å². The van der Waals surface area contributed by atoms with E-state index in [1.165, 1.54) is 28.7 Å². The number of hydrogen-bond donors (Lipinski definition) is 1. The number of nitrogens with two attached hydrogens (primary N) is 1. The lowest BCUT2D eigenvalue weighted by atomic mass is 10.1. The zero-order valence-corrected chi connectivity index (χ0v) is 18.5. The highest BCUT2D eigenvalue weighted by Crippen LogP contribution is 2.40. The molecule has 1 aliphatic carbocycles. The Hall–Kier alpha value is -2.84. The van der Waals surface area contributed by atoms with E-state index in [1.807, 2.05) is 42.5 Å². The molecular formula is C23H25N7S. The summed E-state index contributed by atoms with van der Waals surface area (Å²) >= 11 is 1.87. The maximum absolute atomic E-state index is 6.17. The van der Waals surface area contributed by atoms with Gasteiger partial charge in [-0.05, 0) is 43.9 Å². The lowest BCUT2D eigenvalue weighted by molar-refractivity contribution is 0.244. The second-order valence-corrected chi connectivity index (χ2v) is 9.52. The van der Waals surface area contributed by atoms with Gasteiger partial charge in [0, 0.05) is 36.4 Å². The van der Waals surface area contributed by atoms with E-state index in [1.54, 1.807) is 0 Å². The zero-order chi connectivity index (χ0) is 20.9. The summed E-state index contributed by atoms with van der Waals surface area (Å²) in [5.74, 6) is 3.35. The van der Waals surface area contributed by atoms with Crippen molar-refractivity contribution in [2.24, 2.45) is 0 Å². The highest BCUT2D eigenvalue weighted by atomic mass is 32.1. The van der Waals surface area contributed by atoms with Crippen molar-refractivity contribution in [2.75, 3.05) is 36.8 Å². The number of thiophene rings is 1. The Morgan fingerprint density at radius 3 is 2.71 bits per heavy atom. The average molecular weight is 432 g/mol. The molecule has 0 amide bonds.